The Kier molecular flexibility index (Phi) is 14.6. The van der Waals surface area contributed by atoms with Gasteiger partial charge in [-0.2, -0.15) is 0 Å². The molecule has 2 N–H and O–H groups in total. The largest absolute Gasteiger partial charge is 0.378 e. The molecule has 6 nitrogen and oxygen atoms in total. The average Bonchev–Trinajstić information content (AvgIpc) is 2.50. The fraction of sp³-hybridized carbons (Fsp3) is 0.933. The maximum absolute atomic E-state index is 13.4. The SMILES string of the molecule is CCNCCOCCOCCOCC(F)CNC(=O)C(C)C. The van der Waals surface area contributed by atoms with Crippen molar-refractivity contribution in [2.75, 3.05) is 59.3 Å². The molecule has 0 saturated heterocycles. The number of amides is 1. The highest BCUT2D eigenvalue weighted by Crippen LogP contribution is 1.94. The first-order valence-electron chi connectivity index (χ1n) is 7.93. The molecular weight excluding hydrogens is 291 g/mol. The summed E-state index contributed by atoms with van der Waals surface area (Å²) in [5, 5.41) is 5.68. The zero-order chi connectivity index (χ0) is 16.6. The van der Waals surface area contributed by atoms with Crippen molar-refractivity contribution in [3.8, 4) is 0 Å². The average molecular weight is 322 g/mol. The molecular formula is C15H31FN2O4. The van der Waals surface area contributed by atoms with Gasteiger partial charge in [0.25, 0.3) is 0 Å². The predicted molar refractivity (Wildman–Crippen MR) is 83.7 cm³/mol. The number of hydrogen-bond donors (Lipinski definition) is 2. The number of carbonyl (C=O) groups excluding carboxylic acids is 1. The Morgan fingerprint density at radius 3 is 2.23 bits per heavy atom. The number of carbonyl (C=O) groups is 1. The summed E-state index contributed by atoms with van der Waals surface area (Å²) in [5.41, 5.74) is 0. The van der Waals surface area contributed by atoms with Crippen molar-refractivity contribution in [2.45, 2.75) is 26.9 Å². The van der Waals surface area contributed by atoms with Gasteiger partial charge in [0.15, 0.2) is 0 Å². The standard InChI is InChI=1S/C15H31FN2O4/c1-4-17-5-6-20-7-8-21-9-10-22-12-14(16)11-18-15(19)13(2)3/h13-14,17H,4-12H2,1-3H3,(H,18,19). The van der Waals surface area contributed by atoms with Crippen molar-refractivity contribution in [2.24, 2.45) is 5.92 Å². The second kappa shape index (κ2) is 15.1. The highest BCUT2D eigenvalue weighted by molar-refractivity contribution is 5.77. The molecule has 1 atom stereocenters. The summed E-state index contributed by atoms with van der Waals surface area (Å²) >= 11 is 0. The summed E-state index contributed by atoms with van der Waals surface area (Å²) in [6, 6.07) is 0. The van der Waals surface area contributed by atoms with Gasteiger partial charge >= 0.3 is 0 Å². The predicted octanol–water partition coefficient (Wildman–Crippen LogP) is 0.756. The zero-order valence-electron chi connectivity index (χ0n) is 14.0. The Hall–Kier alpha value is -0.760. The third-order valence-corrected chi connectivity index (χ3v) is 2.74. The van der Waals surface area contributed by atoms with Gasteiger partial charge in [-0.05, 0) is 6.54 Å². The van der Waals surface area contributed by atoms with Gasteiger partial charge < -0.3 is 24.8 Å². The van der Waals surface area contributed by atoms with E-state index in [0.29, 0.717) is 33.0 Å². The summed E-state index contributed by atoms with van der Waals surface area (Å²) in [6.45, 7) is 9.73. The molecule has 0 bridgehead atoms. The van der Waals surface area contributed by atoms with Gasteiger partial charge in [0.05, 0.1) is 46.2 Å². The second-order valence-electron chi connectivity index (χ2n) is 5.15. The van der Waals surface area contributed by atoms with Gasteiger partial charge in [-0.25, -0.2) is 4.39 Å². The molecule has 0 fully saturated rings. The van der Waals surface area contributed by atoms with E-state index in [4.69, 9.17) is 14.2 Å². The maximum atomic E-state index is 13.4. The quantitative estimate of drug-likeness (QED) is 0.436. The van der Waals surface area contributed by atoms with Gasteiger partial charge in [-0.3, -0.25) is 4.79 Å². The third-order valence-electron chi connectivity index (χ3n) is 2.74. The fourth-order valence-corrected chi connectivity index (χ4v) is 1.45. The molecule has 0 aliphatic rings. The van der Waals surface area contributed by atoms with Crippen LogP contribution in [0.25, 0.3) is 0 Å². The molecule has 0 heterocycles. The minimum absolute atomic E-state index is 0.0164. The van der Waals surface area contributed by atoms with Crippen LogP contribution in [-0.4, -0.2) is 71.4 Å². The van der Waals surface area contributed by atoms with Crippen LogP contribution >= 0.6 is 0 Å². The van der Waals surface area contributed by atoms with E-state index in [0.717, 1.165) is 13.1 Å². The summed E-state index contributed by atoms with van der Waals surface area (Å²) in [4.78, 5) is 11.3. The molecule has 0 aliphatic heterocycles. The lowest BCUT2D eigenvalue weighted by Crippen LogP contribution is -2.35. The summed E-state index contributed by atoms with van der Waals surface area (Å²) < 4.78 is 29.2. The molecule has 0 radical (unpaired) electrons. The molecule has 0 aromatic heterocycles. The molecule has 0 rings (SSSR count). The number of hydrogen-bond acceptors (Lipinski definition) is 5. The van der Waals surface area contributed by atoms with Crippen molar-refractivity contribution < 1.29 is 23.4 Å². The van der Waals surface area contributed by atoms with Crippen molar-refractivity contribution in [1.29, 1.82) is 0 Å². The van der Waals surface area contributed by atoms with Crippen LogP contribution in [0, 0.1) is 5.92 Å². The molecule has 1 unspecified atom stereocenters. The number of halogens is 1. The van der Waals surface area contributed by atoms with Gasteiger partial charge in [0, 0.05) is 12.5 Å². The van der Waals surface area contributed by atoms with Crippen molar-refractivity contribution in [3.05, 3.63) is 0 Å². The molecule has 0 saturated carbocycles. The van der Waals surface area contributed by atoms with Gasteiger partial charge in [-0.1, -0.05) is 20.8 Å². The third kappa shape index (κ3) is 14.2. The van der Waals surface area contributed by atoms with Gasteiger partial charge in [0.1, 0.15) is 6.17 Å². The first-order chi connectivity index (χ1) is 10.6. The van der Waals surface area contributed by atoms with Crippen molar-refractivity contribution in [3.63, 3.8) is 0 Å². The summed E-state index contributed by atoms with van der Waals surface area (Å²) in [5.74, 6) is -0.290. The zero-order valence-corrected chi connectivity index (χ0v) is 14.0. The Bertz CT molecular complexity index is 268. The fourth-order valence-electron chi connectivity index (χ4n) is 1.45. The number of nitrogens with one attached hydrogen (secondary N) is 2. The van der Waals surface area contributed by atoms with E-state index in [9.17, 15) is 9.18 Å². The van der Waals surface area contributed by atoms with Crippen LogP contribution in [0.2, 0.25) is 0 Å². The van der Waals surface area contributed by atoms with E-state index in [1.807, 2.05) is 6.92 Å². The Morgan fingerprint density at radius 1 is 1.05 bits per heavy atom. The van der Waals surface area contributed by atoms with Crippen molar-refractivity contribution in [1.82, 2.24) is 10.6 Å². The van der Waals surface area contributed by atoms with Crippen molar-refractivity contribution >= 4 is 5.91 Å². The van der Waals surface area contributed by atoms with E-state index in [2.05, 4.69) is 10.6 Å². The number of ether oxygens (including phenoxy) is 3. The summed E-state index contributed by atoms with van der Waals surface area (Å²) in [7, 11) is 0. The minimum atomic E-state index is -1.20. The molecule has 0 aliphatic carbocycles. The van der Waals surface area contributed by atoms with Gasteiger partial charge in [0.2, 0.25) is 5.91 Å². The highest BCUT2D eigenvalue weighted by Gasteiger charge is 2.11. The molecule has 0 aromatic carbocycles. The topological polar surface area (TPSA) is 68.8 Å². The van der Waals surface area contributed by atoms with E-state index in [1.165, 1.54) is 0 Å². The molecule has 1 amide bonds. The smallest absolute Gasteiger partial charge is 0.222 e. The van der Waals surface area contributed by atoms with Crippen LogP contribution in [0.5, 0.6) is 0 Å². The molecule has 0 spiro atoms. The molecule has 132 valence electrons. The number of alkyl halides is 1. The normalized spacial score (nSPS) is 12.6. The second-order valence-corrected chi connectivity index (χ2v) is 5.15. The monoisotopic (exact) mass is 322 g/mol. The first kappa shape index (κ1) is 21.2. The van der Waals surface area contributed by atoms with Crippen LogP contribution in [0.15, 0.2) is 0 Å². The Morgan fingerprint density at radius 2 is 1.64 bits per heavy atom. The molecule has 22 heavy (non-hydrogen) atoms. The number of likely N-dealkylation sites (N-methyl/N-ethyl adjacent to an activating group) is 1. The minimum Gasteiger partial charge on any atom is -0.378 e. The first-order valence-corrected chi connectivity index (χ1v) is 7.93. The maximum Gasteiger partial charge on any atom is 0.222 e. The van der Waals surface area contributed by atoms with Crippen LogP contribution < -0.4 is 10.6 Å². The van der Waals surface area contributed by atoms with Crippen LogP contribution in [-0.2, 0) is 19.0 Å². The Labute approximate surface area is 133 Å². The highest BCUT2D eigenvalue weighted by atomic mass is 19.1. The van der Waals surface area contributed by atoms with E-state index >= 15 is 0 Å². The van der Waals surface area contributed by atoms with Crippen LogP contribution in [0.1, 0.15) is 20.8 Å². The van der Waals surface area contributed by atoms with Crippen LogP contribution in [0.4, 0.5) is 4.39 Å². The van der Waals surface area contributed by atoms with E-state index in [1.54, 1.807) is 13.8 Å². The van der Waals surface area contributed by atoms with E-state index < -0.39 is 6.17 Å². The van der Waals surface area contributed by atoms with Gasteiger partial charge in [-0.15, -0.1) is 0 Å². The lowest BCUT2D eigenvalue weighted by molar-refractivity contribution is -0.124. The van der Waals surface area contributed by atoms with E-state index in [-0.39, 0.29) is 25.0 Å². The Balaban J connectivity index is 3.23. The lowest BCUT2D eigenvalue weighted by atomic mass is 10.2. The number of rotatable bonds is 15. The molecule has 0 aromatic rings. The summed E-state index contributed by atoms with van der Waals surface area (Å²) in [6.07, 6.45) is -1.20. The lowest BCUT2D eigenvalue weighted by Gasteiger charge is -2.12. The van der Waals surface area contributed by atoms with Crippen LogP contribution in [0.3, 0.4) is 0 Å². The molecule has 7 heteroatoms.